The van der Waals surface area contributed by atoms with Gasteiger partial charge in [0.05, 0.1) is 14.8 Å². The highest BCUT2D eigenvalue weighted by Crippen LogP contribution is 2.27. The summed E-state index contributed by atoms with van der Waals surface area (Å²) in [5.41, 5.74) is -1.06. The quantitative estimate of drug-likeness (QED) is 0.876. The summed E-state index contributed by atoms with van der Waals surface area (Å²) in [5, 5.41) is 12.1. The molecule has 0 aliphatic heterocycles. The van der Waals surface area contributed by atoms with Crippen LogP contribution in [0.1, 0.15) is 20.3 Å². The van der Waals surface area contributed by atoms with Gasteiger partial charge in [0.2, 0.25) is 5.91 Å². The van der Waals surface area contributed by atoms with Crippen LogP contribution >= 0.6 is 22.9 Å². The van der Waals surface area contributed by atoms with Crippen LogP contribution in [0.25, 0.3) is 0 Å². The molecule has 0 bridgehead atoms. The van der Waals surface area contributed by atoms with E-state index in [1.54, 1.807) is 12.1 Å². The van der Waals surface area contributed by atoms with Crippen molar-refractivity contribution >= 4 is 39.8 Å². The van der Waals surface area contributed by atoms with E-state index in [0.717, 1.165) is 0 Å². The van der Waals surface area contributed by atoms with Gasteiger partial charge in [0.25, 0.3) is 0 Å². The standard InChI is InChI=1S/C10H12ClNO3S/c1-10(2,9(14)15)5-7(13)12-8-4-3-6(11)16-8/h3-4H,5H2,1-2H3,(H,12,13)(H,14,15). The molecule has 0 aromatic carbocycles. The first-order valence-corrected chi connectivity index (χ1v) is 5.79. The normalized spacial score (nSPS) is 11.2. The Labute approximate surface area is 102 Å². The Kier molecular flexibility index (Phi) is 3.93. The van der Waals surface area contributed by atoms with Gasteiger partial charge >= 0.3 is 5.97 Å². The predicted octanol–water partition coefficient (Wildman–Crippen LogP) is 2.84. The number of halogens is 1. The van der Waals surface area contributed by atoms with E-state index < -0.39 is 11.4 Å². The number of carboxylic acids is 1. The molecule has 0 aliphatic carbocycles. The summed E-state index contributed by atoms with van der Waals surface area (Å²) in [5.74, 6) is -1.32. The number of carboxylic acid groups (broad SMARTS) is 1. The lowest BCUT2D eigenvalue weighted by Crippen LogP contribution is -2.29. The molecule has 1 heterocycles. The highest BCUT2D eigenvalue weighted by Gasteiger charge is 2.30. The Balaban J connectivity index is 2.58. The number of rotatable bonds is 4. The molecule has 2 N–H and O–H groups in total. The lowest BCUT2D eigenvalue weighted by atomic mass is 9.89. The minimum absolute atomic E-state index is 0.0716. The van der Waals surface area contributed by atoms with Crippen LogP contribution in [-0.2, 0) is 9.59 Å². The number of nitrogens with one attached hydrogen (secondary N) is 1. The number of hydrogen-bond acceptors (Lipinski definition) is 3. The van der Waals surface area contributed by atoms with E-state index in [2.05, 4.69) is 5.32 Å². The number of carbonyl (C=O) groups is 2. The highest BCUT2D eigenvalue weighted by atomic mass is 35.5. The fourth-order valence-electron chi connectivity index (χ4n) is 1.04. The van der Waals surface area contributed by atoms with Gasteiger partial charge in [0.1, 0.15) is 0 Å². The molecule has 1 rings (SSSR count). The maximum Gasteiger partial charge on any atom is 0.309 e. The third kappa shape index (κ3) is 3.50. The SMILES string of the molecule is CC(C)(CC(=O)Nc1ccc(Cl)s1)C(=O)O. The third-order valence-electron chi connectivity index (χ3n) is 2.02. The van der Waals surface area contributed by atoms with E-state index >= 15 is 0 Å². The molecule has 0 spiro atoms. The van der Waals surface area contributed by atoms with Crippen LogP contribution < -0.4 is 5.32 Å². The van der Waals surface area contributed by atoms with Crippen LogP contribution in [0, 0.1) is 5.41 Å². The molecule has 16 heavy (non-hydrogen) atoms. The van der Waals surface area contributed by atoms with Crippen LogP contribution in [0.4, 0.5) is 5.00 Å². The Morgan fingerprint density at radius 1 is 1.50 bits per heavy atom. The number of aliphatic carboxylic acids is 1. The van der Waals surface area contributed by atoms with Crippen molar-refractivity contribution in [3.63, 3.8) is 0 Å². The minimum Gasteiger partial charge on any atom is -0.481 e. The molecule has 4 nitrogen and oxygen atoms in total. The van der Waals surface area contributed by atoms with Gasteiger partial charge in [0.15, 0.2) is 0 Å². The zero-order chi connectivity index (χ0) is 12.3. The minimum atomic E-state index is -1.06. The highest BCUT2D eigenvalue weighted by molar-refractivity contribution is 7.20. The van der Waals surface area contributed by atoms with E-state index in [1.165, 1.54) is 25.2 Å². The largest absolute Gasteiger partial charge is 0.481 e. The van der Waals surface area contributed by atoms with Gasteiger partial charge in [-0.2, -0.15) is 0 Å². The fourth-order valence-corrected chi connectivity index (χ4v) is 2.00. The molecule has 1 aromatic heterocycles. The molecule has 0 saturated heterocycles. The molecule has 88 valence electrons. The predicted molar refractivity (Wildman–Crippen MR) is 64.0 cm³/mol. The summed E-state index contributed by atoms with van der Waals surface area (Å²) in [6, 6.07) is 3.35. The molecular weight excluding hydrogens is 250 g/mol. The Hall–Kier alpha value is -1.07. The zero-order valence-corrected chi connectivity index (χ0v) is 10.5. The first-order chi connectivity index (χ1) is 7.31. The van der Waals surface area contributed by atoms with Gasteiger partial charge in [-0.3, -0.25) is 9.59 Å². The Morgan fingerprint density at radius 3 is 2.56 bits per heavy atom. The van der Waals surface area contributed by atoms with Crippen molar-refractivity contribution in [2.24, 2.45) is 5.41 Å². The average Bonchev–Trinajstić information content (AvgIpc) is 2.49. The molecule has 0 fully saturated rings. The smallest absolute Gasteiger partial charge is 0.309 e. The number of anilines is 1. The summed E-state index contributed by atoms with van der Waals surface area (Å²) in [7, 11) is 0. The number of hydrogen-bond donors (Lipinski definition) is 2. The van der Waals surface area contributed by atoms with E-state index in [0.29, 0.717) is 9.34 Å². The van der Waals surface area contributed by atoms with E-state index in [9.17, 15) is 9.59 Å². The van der Waals surface area contributed by atoms with Gasteiger partial charge in [-0.25, -0.2) is 0 Å². The maximum atomic E-state index is 11.5. The van der Waals surface area contributed by atoms with Crippen molar-refractivity contribution in [2.75, 3.05) is 5.32 Å². The lowest BCUT2D eigenvalue weighted by molar-refractivity contribution is -0.148. The van der Waals surface area contributed by atoms with Crippen LogP contribution in [0.2, 0.25) is 4.34 Å². The van der Waals surface area contributed by atoms with Crippen molar-refractivity contribution in [1.29, 1.82) is 0 Å². The summed E-state index contributed by atoms with van der Waals surface area (Å²) in [4.78, 5) is 22.3. The van der Waals surface area contributed by atoms with Crippen molar-refractivity contribution in [3.05, 3.63) is 16.5 Å². The third-order valence-corrected chi connectivity index (χ3v) is 3.16. The van der Waals surface area contributed by atoms with E-state index in [1.807, 2.05) is 0 Å². The van der Waals surface area contributed by atoms with Crippen LogP contribution in [0.5, 0.6) is 0 Å². The van der Waals surface area contributed by atoms with E-state index in [-0.39, 0.29) is 12.3 Å². The van der Waals surface area contributed by atoms with Crippen molar-refractivity contribution in [2.45, 2.75) is 20.3 Å². The summed E-state index contributed by atoms with van der Waals surface area (Å²) in [6.07, 6.45) is -0.0716. The van der Waals surface area contributed by atoms with Crippen molar-refractivity contribution in [1.82, 2.24) is 0 Å². The van der Waals surface area contributed by atoms with Crippen LogP contribution in [0.15, 0.2) is 12.1 Å². The number of amides is 1. The molecule has 1 amide bonds. The first-order valence-electron chi connectivity index (χ1n) is 4.60. The first kappa shape index (κ1) is 13.0. The Morgan fingerprint density at radius 2 is 2.12 bits per heavy atom. The number of carbonyl (C=O) groups excluding carboxylic acids is 1. The molecule has 0 atom stereocenters. The molecule has 0 unspecified atom stereocenters. The summed E-state index contributed by atoms with van der Waals surface area (Å²) in [6.45, 7) is 3.02. The monoisotopic (exact) mass is 261 g/mol. The second-order valence-corrected chi connectivity index (χ2v) is 5.73. The summed E-state index contributed by atoms with van der Waals surface area (Å²) >= 11 is 6.94. The molecule has 0 aliphatic rings. The maximum absolute atomic E-state index is 11.5. The fraction of sp³-hybridized carbons (Fsp3) is 0.400. The Bertz CT molecular complexity index is 414. The van der Waals surface area contributed by atoms with Crippen molar-refractivity contribution in [3.8, 4) is 0 Å². The molecule has 1 aromatic rings. The summed E-state index contributed by atoms with van der Waals surface area (Å²) < 4.78 is 0.577. The average molecular weight is 262 g/mol. The molecule has 0 radical (unpaired) electrons. The van der Waals surface area contributed by atoms with Crippen LogP contribution in [-0.4, -0.2) is 17.0 Å². The van der Waals surface area contributed by atoms with E-state index in [4.69, 9.17) is 16.7 Å². The lowest BCUT2D eigenvalue weighted by Gasteiger charge is -2.17. The number of thiophene rings is 1. The van der Waals surface area contributed by atoms with Gasteiger partial charge in [-0.15, -0.1) is 11.3 Å². The van der Waals surface area contributed by atoms with Crippen LogP contribution in [0.3, 0.4) is 0 Å². The molecule has 6 heteroatoms. The topological polar surface area (TPSA) is 66.4 Å². The van der Waals surface area contributed by atoms with Gasteiger partial charge in [0, 0.05) is 6.42 Å². The molecular formula is C10H12ClNO3S. The molecule has 0 saturated carbocycles. The second kappa shape index (κ2) is 4.84. The van der Waals surface area contributed by atoms with Gasteiger partial charge < -0.3 is 10.4 Å². The van der Waals surface area contributed by atoms with Crippen molar-refractivity contribution < 1.29 is 14.7 Å². The zero-order valence-electron chi connectivity index (χ0n) is 8.91. The second-order valence-electron chi connectivity index (χ2n) is 4.02. The van der Waals surface area contributed by atoms with Gasteiger partial charge in [-0.1, -0.05) is 11.6 Å². The van der Waals surface area contributed by atoms with Gasteiger partial charge in [-0.05, 0) is 26.0 Å².